The molecular weight excluding hydrogens is 565 g/mol. The maximum atomic E-state index is 2.48. The highest BCUT2D eigenvalue weighted by atomic mass is 14.4. The fourth-order valence-electron chi connectivity index (χ4n) is 8.54. The predicted octanol–water partition coefficient (Wildman–Crippen LogP) is 13.0. The quantitative estimate of drug-likeness (QED) is 0.178. The van der Waals surface area contributed by atoms with Crippen LogP contribution in [0, 0.1) is 0 Å². The predicted molar refractivity (Wildman–Crippen MR) is 202 cm³/mol. The van der Waals surface area contributed by atoms with Crippen LogP contribution in [-0.2, 0) is 5.41 Å². The van der Waals surface area contributed by atoms with E-state index < -0.39 is 0 Å². The third-order valence-corrected chi connectivity index (χ3v) is 10.8. The van der Waals surface area contributed by atoms with Gasteiger partial charge in [-0.2, -0.15) is 0 Å². The first-order chi connectivity index (χ1) is 23.1. The lowest BCUT2D eigenvalue weighted by Crippen LogP contribution is -2.15. The Kier molecular flexibility index (Phi) is 5.44. The van der Waals surface area contributed by atoms with Gasteiger partial charge < -0.3 is 0 Å². The molecule has 10 rings (SSSR count). The number of fused-ring (bicyclic) bond motifs is 4. The Morgan fingerprint density at radius 1 is 0.340 bits per heavy atom. The van der Waals surface area contributed by atoms with Gasteiger partial charge in [0.15, 0.2) is 0 Å². The Morgan fingerprint density at radius 2 is 0.894 bits per heavy atom. The van der Waals surface area contributed by atoms with Gasteiger partial charge in [0.2, 0.25) is 0 Å². The first-order valence-corrected chi connectivity index (χ1v) is 16.6. The molecular formula is C47H32. The molecule has 0 heteroatoms. The van der Waals surface area contributed by atoms with E-state index in [1.54, 1.807) is 0 Å². The highest BCUT2D eigenvalue weighted by Crippen LogP contribution is 2.55. The third-order valence-electron chi connectivity index (χ3n) is 10.8. The number of benzene rings is 9. The molecule has 1 aliphatic carbocycles. The maximum Gasteiger partial charge on any atom is 0.0159 e. The summed E-state index contributed by atoms with van der Waals surface area (Å²) in [7, 11) is 0. The average Bonchev–Trinajstić information content (AvgIpc) is 3.35. The Balaban J connectivity index is 1.21. The van der Waals surface area contributed by atoms with E-state index in [4.69, 9.17) is 0 Å². The summed E-state index contributed by atoms with van der Waals surface area (Å²) in [4.78, 5) is 0. The summed E-state index contributed by atoms with van der Waals surface area (Å²) in [5.41, 5.74) is 13.1. The summed E-state index contributed by atoms with van der Waals surface area (Å²) in [6, 6.07) is 58.8. The topological polar surface area (TPSA) is 0 Å². The Hall–Kier alpha value is -5.72. The molecule has 0 aromatic heterocycles. The number of hydrogen-bond donors (Lipinski definition) is 0. The van der Waals surface area contributed by atoms with Crippen molar-refractivity contribution in [3.8, 4) is 44.5 Å². The molecule has 0 saturated carbocycles. The number of rotatable bonds is 3. The fourth-order valence-corrected chi connectivity index (χ4v) is 8.54. The van der Waals surface area contributed by atoms with E-state index in [0.717, 1.165) is 0 Å². The molecule has 0 N–H and O–H groups in total. The minimum atomic E-state index is -0.136. The average molecular weight is 597 g/mol. The standard InChI is InChI=1S/C47H32/c1-47(2)41-27-34(21-26-40(41)46-42(47)28-33-15-9-10-16-37(33)43(46)30-13-7-4-8-14-30)36-23-18-32-19-24-38-35(29-11-5-3-6-12-29)22-17-31-20-25-39(36)45(32)44(31)38/h3-28H,1-2H3. The second kappa shape index (κ2) is 9.64. The van der Waals surface area contributed by atoms with Crippen molar-refractivity contribution >= 4 is 43.1 Å². The molecule has 0 amide bonds. The van der Waals surface area contributed by atoms with E-state index >= 15 is 0 Å². The molecule has 0 saturated heterocycles. The molecule has 0 unspecified atom stereocenters. The molecule has 0 aliphatic heterocycles. The van der Waals surface area contributed by atoms with Crippen LogP contribution in [0.3, 0.4) is 0 Å². The second-order valence-electron chi connectivity index (χ2n) is 13.7. The van der Waals surface area contributed by atoms with Crippen LogP contribution in [-0.4, -0.2) is 0 Å². The van der Waals surface area contributed by atoms with Gasteiger partial charge in [-0.05, 0) is 111 Å². The summed E-state index contributed by atoms with van der Waals surface area (Å²) < 4.78 is 0. The summed E-state index contributed by atoms with van der Waals surface area (Å²) in [5.74, 6) is 0. The number of hydrogen-bond acceptors (Lipinski definition) is 0. The second-order valence-corrected chi connectivity index (χ2v) is 13.7. The van der Waals surface area contributed by atoms with E-state index in [0.29, 0.717) is 0 Å². The van der Waals surface area contributed by atoms with Crippen LogP contribution in [0.15, 0.2) is 158 Å². The molecule has 0 bridgehead atoms. The van der Waals surface area contributed by atoms with Crippen LogP contribution in [0.5, 0.6) is 0 Å². The first kappa shape index (κ1) is 26.5. The van der Waals surface area contributed by atoms with Gasteiger partial charge in [-0.3, -0.25) is 0 Å². The van der Waals surface area contributed by atoms with Gasteiger partial charge in [0, 0.05) is 5.41 Å². The Bertz CT molecular complexity index is 2680. The van der Waals surface area contributed by atoms with Crippen LogP contribution < -0.4 is 0 Å². The van der Waals surface area contributed by atoms with Crippen molar-refractivity contribution in [2.75, 3.05) is 0 Å². The minimum Gasteiger partial charge on any atom is -0.0622 e. The summed E-state index contributed by atoms with van der Waals surface area (Å²) in [6.45, 7) is 4.81. The largest absolute Gasteiger partial charge is 0.0622 e. The summed E-state index contributed by atoms with van der Waals surface area (Å²) in [6.07, 6.45) is 0. The lowest BCUT2D eigenvalue weighted by atomic mass is 9.80. The summed E-state index contributed by atoms with van der Waals surface area (Å²) >= 11 is 0. The van der Waals surface area contributed by atoms with Crippen molar-refractivity contribution in [3.05, 3.63) is 169 Å². The van der Waals surface area contributed by atoms with Gasteiger partial charge in [0.1, 0.15) is 0 Å². The van der Waals surface area contributed by atoms with Gasteiger partial charge in [-0.15, -0.1) is 0 Å². The van der Waals surface area contributed by atoms with Crippen molar-refractivity contribution < 1.29 is 0 Å². The Morgan fingerprint density at radius 3 is 1.57 bits per heavy atom. The SMILES string of the molecule is CC1(C)c2cc(-c3ccc4ccc5c(-c6ccccc6)ccc6ccc3c4c65)ccc2-c2c1cc1ccccc1c2-c1ccccc1. The van der Waals surface area contributed by atoms with Gasteiger partial charge in [-0.1, -0.05) is 159 Å². The van der Waals surface area contributed by atoms with Gasteiger partial charge in [-0.25, -0.2) is 0 Å². The van der Waals surface area contributed by atoms with Crippen molar-refractivity contribution in [1.82, 2.24) is 0 Å². The normalized spacial score (nSPS) is 13.5. The minimum absolute atomic E-state index is 0.136. The van der Waals surface area contributed by atoms with E-state index in [1.165, 1.54) is 98.7 Å². The van der Waals surface area contributed by atoms with Crippen LogP contribution in [0.2, 0.25) is 0 Å². The Labute approximate surface area is 274 Å². The molecule has 9 aromatic carbocycles. The molecule has 0 heterocycles. The van der Waals surface area contributed by atoms with E-state index in [-0.39, 0.29) is 5.41 Å². The van der Waals surface area contributed by atoms with Gasteiger partial charge >= 0.3 is 0 Å². The molecule has 9 aromatic rings. The third kappa shape index (κ3) is 3.70. The van der Waals surface area contributed by atoms with Gasteiger partial charge in [0.05, 0.1) is 0 Å². The summed E-state index contributed by atoms with van der Waals surface area (Å²) in [5, 5.41) is 10.5. The van der Waals surface area contributed by atoms with E-state index in [9.17, 15) is 0 Å². The molecule has 0 atom stereocenters. The van der Waals surface area contributed by atoms with Crippen LogP contribution in [0.4, 0.5) is 0 Å². The first-order valence-electron chi connectivity index (χ1n) is 16.6. The molecule has 0 nitrogen and oxygen atoms in total. The van der Waals surface area contributed by atoms with Crippen molar-refractivity contribution in [2.24, 2.45) is 0 Å². The molecule has 1 aliphatic rings. The zero-order valence-electron chi connectivity index (χ0n) is 26.5. The van der Waals surface area contributed by atoms with Crippen molar-refractivity contribution in [2.45, 2.75) is 19.3 Å². The molecule has 0 spiro atoms. The molecule has 0 radical (unpaired) electrons. The lowest BCUT2D eigenvalue weighted by molar-refractivity contribution is 0.661. The highest BCUT2D eigenvalue weighted by molar-refractivity contribution is 6.27. The van der Waals surface area contributed by atoms with E-state index in [1.807, 2.05) is 0 Å². The van der Waals surface area contributed by atoms with Crippen LogP contribution >= 0.6 is 0 Å². The van der Waals surface area contributed by atoms with Gasteiger partial charge in [0.25, 0.3) is 0 Å². The zero-order valence-corrected chi connectivity index (χ0v) is 26.5. The molecule has 220 valence electrons. The molecule has 47 heavy (non-hydrogen) atoms. The highest BCUT2D eigenvalue weighted by Gasteiger charge is 2.38. The monoisotopic (exact) mass is 596 g/mol. The van der Waals surface area contributed by atoms with E-state index in [2.05, 4.69) is 172 Å². The fraction of sp³-hybridized carbons (Fsp3) is 0.0638. The lowest BCUT2D eigenvalue weighted by Gasteiger charge is -2.23. The smallest absolute Gasteiger partial charge is 0.0159 e. The van der Waals surface area contributed by atoms with Crippen molar-refractivity contribution in [1.29, 1.82) is 0 Å². The maximum absolute atomic E-state index is 2.48. The van der Waals surface area contributed by atoms with Crippen molar-refractivity contribution in [3.63, 3.8) is 0 Å². The molecule has 0 fully saturated rings. The zero-order chi connectivity index (χ0) is 31.3. The van der Waals surface area contributed by atoms with Crippen LogP contribution in [0.1, 0.15) is 25.0 Å². The van der Waals surface area contributed by atoms with Crippen LogP contribution in [0.25, 0.3) is 87.6 Å².